The summed E-state index contributed by atoms with van der Waals surface area (Å²) in [4.78, 5) is 43.1. The van der Waals surface area contributed by atoms with E-state index in [4.69, 9.17) is 0 Å². The molecule has 3 aromatic rings. The molecule has 0 radical (unpaired) electrons. The molecule has 1 fully saturated rings. The lowest BCUT2D eigenvalue weighted by Gasteiger charge is -2.31. The van der Waals surface area contributed by atoms with Gasteiger partial charge >= 0.3 is 0 Å². The van der Waals surface area contributed by atoms with Crippen LogP contribution in [0.3, 0.4) is 0 Å². The van der Waals surface area contributed by atoms with Gasteiger partial charge < -0.3 is 15.5 Å². The Balaban J connectivity index is 1.35. The zero-order valence-electron chi connectivity index (χ0n) is 18.0. The lowest BCUT2D eigenvalue weighted by Crippen LogP contribution is -2.43. The fourth-order valence-corrected chi connectivity index (χ4v) is 3.71. The van der Waals surface area contributed by atoms with Crippen LogP contribution in [0.25, 0.3) is 11.4 Å². The van der Waals surface area contributed by atoms with Crippen molar-refractivity contribution < 1.29 is 14.4 Å². The number of aromatic nitrogens is 3. The summed E-state index contributed by atoms with van der Waals surface area (Å²) < 4.78 is 0. The molecule has 0 aliphatic carbocycles. The number of H-pyrrole nitrogens is 1. The van der Waals surface area contributed by atoms with Crippen molar-refractivity contribution in [2.45, 2.75) is 12.8 Å². The number of anilines is 2. The quantitative estimate of drug-likeness (QED) is 0.505. The molecule has 0 saturated carbocycles. The predicted molar refractivity (Wildman–Crippen MR) is 124 cm³/mol. The molecule has 1 aliphatic heterocycles. The van der Waals surface area contributed by atoms with E-state index in [1.54, 1.807) is 59.6 Å². The van der Waals surface area contributed by atoms with E-state index in [0.29, 0.717) is 30.2 Å². The number of nitrogens with zero attached hydrogens (tertiary/aromatic N) is 3. The van der Waals surface area contributed by atoms with Crippen LogP contribution in [0, 0.1) is 5.92 Å². The predicted octanol–water partition coefficient (Wildman–Crippen LogP) is 3.09. The normalized spacial score (nSPS) is 15.5. The zero-order valence-corrected chi connectivity index (χ0v) is 18.0. The Kier molecular flexibility index (Phi) is 6.58. The monoisotopic (exact) mass is 444 g/mol. The first-order valence-corrected chi connectivity index (χ1v) is 10.6. The van der Waals surface area contributed by atoms with Crippen molar-refractivity contribution in [2.75, 3.05) is 23.7 Å². The number of pyridine rings is 1. The average molecular weight is 444 g/mol. The smallest absolute Gasteiger partial charge is 0.274 e. The van der Waals surface area contributed by atoms with Gasteiger partial charge in [0.2, 0.25) is 11.8 Å². The third-order valence-electron chi connectivity index (χ3n) is 5.45. The van der Waals surface area contributed by atoms with Crippen LogP contribution in [0.5, 0.6) is 0 Å². The number of hydrogen-bond donors (Lipinski definition) is 3. The zero-order chi connectivity index (χ0) is 23.2. The number of amides is 3. The van der Waals surface area contributed by atoms with Crippen LogP contribution in [0.2, 0.25) is 0 Å². The molecule has 3 N–H and O–H groups in total. The van der Waals surface area contributed by atoms with Gasteiger partial charge in [-0.3, -0.25) is 19.5 Å². The van der Waals surface area contributed by atoms with Crippen molar-refractivity contribution in [3.05, 3.63) is 73.1 Å². The summed E-state index contributed by atoms with van der Waals surface area (Å²) in [5.74, 6) is -0.900. The number of nitrogens with one attached hydrogen (secondary N) is 3. The van der Waals surface area contributed by atoms with E-state index in [1.807, 2.05) is 0 Å². The van der Waals surface area contributed by atoms with Crippen molar-refractivity contribution in [2.24, 2.45) is 5.92 Å². The second-order valence-corrected chi connectivity index (χ2v) is 7.73. The molecule has 3 amide bonds. The highest BCUT2D eigenvalue weighted by molar-refractivity contribution is 6.03. The third-order valence-corrected chi connectivity index (χ3v) is 5.45. The molecular formula is C24H24N6O3. The maximum Gasteiger partial charge on any atom is 0.274 e. The number of carbonyl (C=O) groups excluding carboxylic acids is 3. The molecule has 4 rings (SSSR count). The molecule has 1 aliphatic rings. The van der Waals surface area contributed by atoms with Crippen LogP contribution in [-0.4, -0.2) is 50.9 Å². The number of aromatic amines is 1. The molecule has 1 unspecified atom stereocenters. The molecule has 9 heteroatoms. The summed E-state index contributed by atoms with van der Waals surface area (Å²) in [5, 5.41) is 12.4. The first kappa shape index (κ1) is 21.9. The van der Waals surface area contributed by atoms with E-state index in [-0.39, 0.29) is 29.3 Å². The van der Waals surface area contributed by atoms with Gasteiger partial charge in [0.05, 0.1) is 17.3 Å². The van der Waals surface area contributed by atoms with Gasteiger partial charge in [-0.1, -0.05) is 12.6 Å². The number of likely N-dealkylation sites (tertiary alicyclic amines) is 1. The highest BCUT2D eigenvalue weighted by atomic mass is 16.2. The van der Waals surface area contributed by atoms with E-state index in [9.17, 15) is 14.4 Å². The van der Waals surface area contributed by atoms with Crippen molar-refractivity contribution in [3.63, 3.8) is 0 Å². The summed E-state index contributed by atoms with van der Waals surface area (Å²) in [5.41, 5.74) is 2.81. The van der Waals surface area contributed by atoms with Gasteiger partial charge in [0.25, 0.3) is 5.91 Å². The summed E-state index contributed by atoms with van der Waals surface area (Å²) in [6.45, 7) is 4.53. The molecule has 1 atom stereocenters. The van der Waals surface area contributed by atoms with E-state index in [0.717, 1.165) is 18.5 Å². The van der Waals surface area contributed by atoms with Gasteiger partial charge in [-0.2, -0.15) is 5.10 Å². The van der Waals surface area contributed by atoms with Crippen LogP contribution in [0.1, 0.15) is 23.3 Å². The number of carbonyl (C=O) groups is 3. The van der Waals surface area contributed by atoms with Gasteiger partial charge in [0.15, 0.2) is 0 Å². The summed E-state index contributed by atoms with van der Waals surface area (Å²) in [6, 6.07) is 13.8. The minimum absolute atomic E-state index is 0.131. The summed E-state index contributed by atoms with van der Waals surface area (Å²) in [6.07, 6.45) is 4.40. The minimum atomic E-state index is -0.345. The SMILES string of the molecule is C=CC(=O)N1CCCC(C(=O)Nc2ccc(NC(=O)c3cccc(-c4ccn[nH]4)n3)cc2)C1. The molecule has 0 bridgehead atoms. The fraction of sp³-hybridized carbons (Fsp3) is 0.208. The Morgan fingerprint density at radius 1 is 1.06 bits per heavy atom. The molecule has 9 nitrogen and oxygen atoms in total. The Morgan fingerprint density at radius 3 is 2.52 bits per heavy atom. The van der Waals surface area contributed by atoms with Crippen LogP contribution in [-0.2, 0) is 9.59 Å². The lowest BCUT2D eigenvalue weighted by atomic mass is 9.97. The molecule has 0 spiro atoms. The van der Waals surface area contributed by atoms with Gasteiger partial charge in [-0.25, -0.2) is 4.98 Å². The van der Waals surface area contributed by atoms with E-state index in [2.05, 4.69) is 32.4 Å². The number of rotatable bonds is 6. The van der Waals surface area contributed by atoms with Crippen LogP contribution in [0.15, 0.2) is 67.4 Å². The minimum Gasteiger partial charge on any atom is -0.338 e. The molecule has 1 aromatic carbocycles. The largest absolute Gasteiger partial charge is 0.338 e. The number of piperidine rings is 1. The Labute approximate surface area is 190 Å². The standard InChI is InChI=1S/C24H24N6O3/c1-2-22(31)30-14-4-5-16(15-30)23(32)26-17-8-10-18(11-9-17)27-24(33)21-7-3-6-19(28-21)20-12-13-25-29-20/h2-3,6-13,16H,1,4-5,14-15H2,(H,25,29)(H,26,32)(H,27,33). The van der Waals surface area contributed by atoms with Crippen molar-refractivity contribution in [3.8, 4) is 11.4 Å². The van der Waals surface area contributed by atoms with Crippen molar-refractivity contribution in [1.82, 2.24) is 20.1 Å². The average Bonchev–Trinajstić information content (AvgIpc) is 3.40. The molecular weight excluding hydrogens is 420 g/mol. The van der Waals surface area contributed by atoms with Crippen LogP contribution < -0.4 is 10.6 Å². The van der Waals surface area contributed by atoms with Gasteiger partial charge in [0.1, 0.15) is 5.69 Å². The Bertz CT molecular complexity index is 1160. The lowest BCUT2D eigenvalue weighted by molar-refractivity contribution is -0.130. The summed E-state index contributed by atoms with van der Waals surface area (Å²) >= 11 is 0. The van der Waals surface area contributed by atoms with Crippen molar-refractivity contribution in [1.29, 1.82) is 0 Å². The van der Waals surface area contributed by atoms with Gasteiger partial charge in [-0.05, 0) is 61.4 Å². The van der Waals surface area contributed by atoms with Gasteiger partial charge in [0, 0.05) is 30.7 Å². The molecule has 33 heavy (non-hydrogen) atoms. The van der Waals surface area contributed by atoms with Crippen LogP contribution >= 0.6 is 0 Å². The first-order chi connectivity index (χ1) is 16.0. The van der Waals surface area contributed by atoms with E-state index < -0.39 is 0 Å². The second kappa shape index (κ2) is 9.90. The number of benzene rings is 1. The topological polar surface area (TPSA) is 120 Å². The Hall–Kier alpha value is -4.27. The highest BCUT2D eigenvalue weighted by Gasteiger charge is 2.27. The molecule has 2 aromatic heterocycles. The Morgan fingerprint density at radius 2 is 1.82 bits per heavy atom. The maximum atomic E-state index is 12.6. The fourth-order valence-electron chi connectivity index (χ4n) is 3.71. The third kappa shape index (κ3) is 5.32. The van der Waals surface area contributed by atoms with E-state index in [1.165, 1.54) is 6.08 Å². The van der Waals surface area contributed by atoms with E-state index >= 15 is 0 Å². The molecule has 168 valence electrons. The second-order valence-electron chi connectivity index (χ2n) is 7.73. The summed E-state index contributed by atoms with van der Waals surface area (Å²) in [7, 11) is 0. The molecule has 3 heterocycles. The first-order valence-electron chi connectivity index (χ1n) is 10.6. The molecule has 1 saturated heterocycles. The van der Waals surface area contributed by atoms with Gasteiger partial charge in [-0.15, -0.1) is 0 Å². The number of hydrogen-bond acceptors (Lipinski definition) is 5. The van der Waals surface area contributed by atoms with Crippen LogP contribution in [0.4, 0.5) is 11.4 Å². The van der Waals surface area contributed by atoms with Crippen molar-refractivity contribution >= 4 is 29.1 Å². The highest BCUT2D eigenvalue weighted by Crippen LogP contribution is 2.21. The maximum absolute atomic E-state index is 12.6.